The van der Waals surface area contributed by atoms with Crippen LogP contribution >= 0.6 is 0 Å². The van der Waals surface area contributed by atoms with Gasteiger partial charge in [0.05, 0.1) is 7.11 Å². The molecule has 0 spiro atoms. The lowest BCUT2D eigenvalue weighted by Crippen LogP contribution is -2.20. The SMILES string of the molecule is COc1cc(/C=C/C(=O)OCC(=O)Nc2cc(F)cc(F)c2)ccc1OCC#N. The van der Waals surface area contributed by atoms with Gasteiger partial charge in [-0.2, -0.15) is 5.26 Å². The van der Waals surface area contributed by atoms with Crippen LogP contribution < -0.4 is 14.8 Å². The number of esters is 1. The fraction of sp³-hybridized carbons (Fsp3) is 0.150. The maximum absolute atomic E-state index is 13.1. The molecule has 0 aliphatic rings. The van der Waals surface area contributed by atoms with Gasteiger partial charge in [0.2, 0.25) is 0 Å². The molecule has 0 aliphatic heterocycles. The number of rotatable bonds is 8. The molecule has 150 valence electrons. The summed E-state index contributed by atoms with van der Waals surface area (Å²) in [7, 11) is 1.43. The maximum atomic E-state index is 13.1. The van der Waals surface area contributed by atoms with Crippen LogP contribution in [0.3, 0.4) is 0 Å². The molecule has 0 heterocycles. The summed E-state index contributed by atoms with van der Waals surface area (Å²) in [4.78, 5) is 23.5. The van der Waals surface area contributed by atoms with E-state index in [2.05, 4.69) is 5.32 Å². The summed E-state index contributed by atoms with van der Waals surface area (Å²) in [6.07, 6.45) is 2.53. The van der Waals surface area contributed by atoms with Crippen LogP contribution in [0.4, 0.5) is 14.5 Å². The van der Waals surface area contributed by atoms with Gasteiger partial charge >= 0.3 is 5.97 Å². The van der Waals surface area contributed by atoms with Crippen molar-refractivity contribution in [2.45, 2.75) is 0 Å². The molecule has 0 fully saturated rings. The first-order valence-electron chi connectivity index (χ1n) is 8.20. The molecule has 2 rings (SSSR count). The Bertz CT molecular complexity index is 950. The summed E-state index contributed by atoms with van der Waals surface area (Å²) in [5.74, 6) is -2.50. The van der Waals surface area contributed by atoms with E-state index in [1.807, 2.05) is 6.07 Å². The van der Waals surface area contributed by atoms with Crippen molar-refractivity contribution in [3.63, 3.8) is 0 Å². The number of benzene rings is 2. The van der Waals surface area contributed by atoms with Crippen LogP contribution in [0.5, 0.6) is 11.5 Å². The Morgan fingerprint density at radius 2 is 1.86 bits per heavy atom. The lowest BCUT2D eigenvalue weighted by molar-refractivity contribution is -0.142. The third-order valence-corrected chi connectivity index (χ3v) is 3.38. The van der Waals surface area contributed by atoms with Gasteiger partial charge in [0.25, 0.3) is 5.91 Å². The molecule has 29 heavy (non-hydrogen) atoms. The molecule has 9 heteroatoms. The molecule has 1 N–H and O–H groups in total. The first-order chi connectivity index (χ1) is 13.9. The van der Waals surface area contributed by atoms with Crippen LogP contribution in [-0.4, -0.2) is 32.2 Å². The van der Waals surface area contributed by atoms with Gasteiger partial charge in [-0.05, 0) is 35.9 Å². The number of halogens is 2. The number of carbonyl (C=O) groups excluding carboxylic acids is 2. The molecule has 0 radical (unpaired) electrons. The number of ether oxygens (including phenoxy) is 3. The second-order valence-corrected chi connectivity index (χ2v) is 5.50. The van der Waals surface area contributed by atoms with Crippen LogP contribution in [-0.2, 0) is 14.3 Å². The van der Waals surface area contributed by atoms with Gasteiger partial charge in [-0.15, -0.1) is 0 Å². The van der Waals surface area contributed by atoms with Gasteiger partial charge in [0.15, 0.2) is 24.7 Å². The number of nitriles is 1. The van der Waals surface area contributed by atoms with E-state index in [-0.39, 0.29) is 12.3 Å². The summed E-state index contributed by atoms with van der Waals surface area (Å²) in [6.45, 7) is -0.770. The molecule has 0 atom stereocenters. The largest absolute Gasteiger partial charge is 0.493 e. The lowest BCUT2D eigenvalue weighted by atomic mass is 10.2. The van der Waals surface area contributed by atoms with Crippen LogP contribution in [0.25, 0.3) is 6.08 Å². The molecule has 1 amide bonds. The van der Waals surface area contributed by atoms with Crippen LogP contribution in [0.1, 0.15) is 5.56 Å². The topological polar surface area (TPSA) is 97.7 Å². The summed E-state index contributed by atoms with van der Waals surface area (Å²) in [5, 5.41) is 10.8. The second-order valence-electron chi connectivity index (χ2n) is 5.50. The highest BCUT2D eigenvalue weighted by Gasteiger charge is 2.08. The minimum atomic E-state index is -0.848. The van der Waals surface area contributed by atoms with E-state index in [9.17, 15) is 18.4 Å². The monoisotopic (exact) mass is 402 g/mol. The molecule has 2 aromatic carbocycles. The van der Waals surface area contributed by atoms with Crippen molar-refractivity contribution in [2.75, 3.05) is 25.6 Å². The average Bonchev–Trinajstić information content (AvgIpc) is 2.68. The van der Waals surface area contributed by atoms with Crippen molar-refractivity contribution in [3.05, 3.63) is 59.7 Å². The van der Waals surface area contributed by atoms with Crippen molar-refractivity contribution in [3.8, 4) is 17.6 Å². The molecule has 0 saturated carbocycles. The van der Waals surface area contributed by atoms with E-state index in [4.69, 9.17) is 19.5 Å². The van der Waals surface area contributed by atoms with E-state index in [0.717, 1.165) is 18.2 Å². The van der Waals surface area contributed by atoms with Crippen molar-refractivity contribution in [2.24, 2.45) is 0 Å². The van der Waals surface area contributed by atoms with Gasteiger partial charge in [0, 0.05) is 17.8 Å². The Morgan fingerprint density at radius 1 is 1.14 bits per heavy atom. The number of nitrogens with zero attached hydrogens (tertiary/aromatic N) is 1. The highest BCUT2D eigenvalue weighted by Crippen LogP contribution is 2.28. The predicted octanol–water partition coefficient (Wildman–Crippen LogP) is 3.07. The molecule has 7 nitrogen and oxygen atoms in total. The maximum Gasteiger partial charge on any atom is 0.331 e. The Labute approximate surface area is 165 Å². The number of nitrogens with one attached hydrogen (secondary N) is 1. The number of hydrogen-bond acceptors (Lipinski definition) is 6. The van der Waals surface area contributed by atoms with E-state index >= 15 is 0 Å². The molecule has 0 bridgehead atoms. The fourth-order valence-electron chi connectivity index (χ4n) is 2.19. The number of carbonyl (C=O) groups is 2. The number of amides is 1. The van der Waals surface area contributed by atoms with Gasteiger partial charge in [-0.25, -0.2) is 13.6 Å². The third-order valence-electron chi connectivity index (χ3n) is 3.38. The Hall–Kier alpha value is -3.93. The van der Waals surface area contributed by atoms with E-state index in [0.29, 0.717) is 23.1 Å². The molecular formula is C20H16F2N2O5. The predicted molar refractivity (Wildman–Crippen MR) is 99.1 cm³/mol. The fourth-order valence-corrected chi connectivity index (χ4v) is 2.19. The Balaban J connectivity index is 1.89. The number of hydrogen-bond donors (Lipinski definition) is 1. The molecule has 0 unspecified atom stereocenters. The van der Waals surface area contributed by atoms with Crippen molar-refractivity contribution < 1.29 is 32.6 Å². The average molecular weight is 402 g/mol. The molecule has 2 aromatic rings. The molecule has 0 saturated heterocycles. The van der Waals surface area contributed by atoms with Crippen LogP contribution in [0.2, 0.25) is 0 Å². The Kier molecular flexibility index (Phi) is 7.68. The van der Waals surface area contributed by atoms with Crippen LogP contribution in [0.15, 0.2) is 42.5 Å². The first-order valence-corrected chi connectivity index (χ1v) is 8.20. The van der Waals surface area contributed by atoms with Crippen molar-refractivity contribution >= 4 is 23.6 Å². The van der Waals surface area contributed by atoms with Gasteiger partial charge < -0.3 is 19.5 Å². The standard InChI is InChI=1S/C20H16F2N2O5/c1-27-18-8-13(2-4-17(18)28-7-6-23)3-5-20(26)29-12-19(25)24-16-10-14(21)9-15(22)11-16/h2-5,8-11H,7,12H2,1H3,(H,24,25)/b5-3+. The summed E-state index contributed by atoms with van der Waals surface area (Å²) in [6, 6.07) is 9.16. The zero-order valence-electron chi connectivity index (χ0n) is 15.3. The van der Waals surface area contributed by atoms with E-state index in [1.54, 1.807) is 18.2 Å². The van der Waals surface area contributed by atoms with Gasteiger partial charge in [-0.1, -0.05) is 6.07 Å². The van der Waals surface area contributed by atoms with E-state index in [1.165, 1.54) is 13.2 Å². The second kappa shape index (κ2) is 10.4. The third kappa shape index (κ3) is 6.95. The van der Waals surface area contributed by atoms with E-state index < -0.39 is 30.1 Å². The number of anilines is 1. The number of methoxy groups -OCH3 is 1. The minimum absolute atomic E-state index is 0.0927. The van der Waals surface area contributed by atoms with Gasteiger partial charge in [0.1, 0.15) is 17.7 Å². The smallest absolute Gasteiger partial charge is 0.331 e. The highest BCUT2D eigenvalue weighted by atomic mass is 19.1. The van der Waals surface area contributed by atoms with Crippen molar-refractivity contribution in [1.82, 2.24) is 0 Å². The summed E-state index contributed by atoms with van der Waals surface area (Å²) in [5.41, 5.74) is 0.493. The summed E-state index contributed by atoms with van der Waals surface area (Å²) < 4.78 is 41.3. The van der Waals surface area contributed by atoms with Gasteiger partial charge in [-0.3, -0.25) is 4.79 Å². The normalized spacial score (nSPS) is 10.3. The highest BCUT2D eigenvalue weighted by molar-refractivity contribution is 5.94. The zero-order valence-corrected chi connectivity index (χ0v) is 15.3. The minimum Gasteiger partial charge on any atom is -0.493 e. The summed E-state index contributed by atoms with van der Waals surface area (Å²) >= 11 is 0. The Morgan fingerprint density at radius 3 is 2.52 bits per heavy atom. The lowest BCUT2D eigenvalue weighted by Gasteiger charge is -2.08. The molecule has 0 aromatic heterocycles. The quantitative estimate of drug-likeness (QED) is 0.538. The zero-order chi connectivity index (χ0) is 21.2. The van der Waals surface area contributed by atoms with Crippen molar-refractivity contribution in [1.29, 1.82) is 5.26 Å². The molecular weight excluding hydrogens is 386 g/mol. The van der Waals surface area contributed by atoms with Crippen LogP contribution in [0, 0.1) is 23.0 Å². The molecule has 0 aliphatic carbocycles. The first kappa shape index (κ1) is 21.4.